The van der Waals surface area contributed by atoms with Crippen LogP contribution in [0, 0.1) is 5.92 Å². The first-order chi connectivity index (χ1) is 5.60. The molecule has 0 saturated carbocycles. The highest BCUT2D eigenvalue weighted by Crippen LogP contribution is 2.00. The first kappa shape index (κ1) is 17.0. The minimum absolute atomic E-state index is 0.250. The Bertz CT molecular complexity index is 116. The van der Waals surface area contributed by atoms with Crippen LogP contribution in [0.2, 0.25) is 0 Å². The zero-order valence-electron chi connectivity index (χ0n) is 7.62. The van der Waals surface area contributed by atoms with E-state index < -0.39 is 0 Å². The van der Waals surface area contributed by atoms with Gasteiger partial charge in [0.25, 0.3) is 0 Å². The van der Waals surface area contributed by atoms with Gasteiger partial charge in [-0.15, -0.1) is 0 Å². The number of hydrogen-bond donors (Lipinski definition) is 0. The molecule has 0 aliphatic heterocycles. The Morgan fingerprint density at radius 3 is 1.25 bits per heavy atom. The topological polar surface area (TPSA) is 68.3 Å². The lowest BCUT2D eigenvalue weighted by Crippen LogP contribution is -1.81. The molecule has 0 aromatic heterocycles. The van der Waals surface area contributed by atoms with Gasteiger partial charge in [0.2, 0.25) is 0 Å². The van der Waals surface area contributed by atoms with Crippen LogP contribution in [-0.4, -0.2) is 12.3 Å². The van der Waals surface area contributed by atoms with E-state index >= 15 is 0 Å². The fourth-order valence-corrected chi connectivity index (χ4v) is 0.577. The Hall–Kier alpha value is -1.24. The highest BCUT2D eigenvalue weighted by molar-refractivity contribution is 5.20. The van der Waals surface area contributed by atoms with Gasteiger partial charge in [-0.25, -0.2) is 0 Å². The number of hydrogen-bond acceptors (Lipinski definition) is 4. The molecule has 0 N–H and O–H groups in total. The lowest BCUT2D eigenvalue weighted by molar-refractivity contribution is -0.193. The molecule has 0 atom stereocenters. The molecule has 0 unspecified atom stereocenters. The summed E-state index contributed by atoms with van der Waals surface area (Å²) in [6, 6.07) is 0. The van der Waals surface area contributed by atoms with Crippen LogP contribution in [0.15, 0.2) is 0 Å². The molecule has 0 aromatic rings. The molecular formula is C8H14O4. The summed E-state index contributed by atoms with van der Waals surface area (Å²) < 4.78 is 0. The maximum absolute atomic E-state index is 8.12. The van der Waals surface area contributed by atoms with Gasteiger partial charge in [-0.3, -0.25) is 0 Å². The van der Waals surface area contributed by atoms with Crippen molar-refractivity contribution in [3.05, 3.63) is 0 Å². The summed E-state index contributed by atoms with van der Waals surface area (Å²) in [5.41, 5.74) is 0. The smallest absolute Gasteiger partial charge is 0.186 e. The third kappa shape index (κ3) is 170. The lowest BCUT2D eigenvalue weighted by atomic mass is 10.1. The van der Waals surface area contributed by atoms with E-state index in [0.29, 0.717) is 0 Å². The molecule has 0 fully saturated rings. The molecule has 4 heteroatoms. The van der Waals surface area contributed by atoms with Crippen LogP contribution in [0.3, 0.4) is 0 Å². The molecule has 0 amide bonds. The van der Waals surface area contributed by atoms with Gasteiger partial charge < -0.3 is 0 Å². The van der Waals surface area contributed by atoms with Crippen molar-refractivity contribution in [2.45, 2.75) is 33.6 Å². The van der Waals surface area contributed by atoms with Crippen LogP contribution in [-0.2, 0) is 19.2 Å². The summed E-state index contributed by atoms with van der Waals surface area (Å²) in [6.07, 6.45) is 3.21. The summed E-state index contributed by atoms with van der Waals surface area (Å²) >= 11 is 0. The largest absolute Gasteiger partial charge is 0.373 e. The highest BCUT2D eigenvalue weighted by atomic mass is 16.2. The van der Waals surface area contributed by atoms with E-state index in [0.717, 1.165) is 5.92 Å². The van der Waals surface area contributed by atoms with Crippen molar-refractivity contribution in [1.29, 1.82) is 0 Å². The average molecular weight is 174 g/mol. The minimum Gasteiger partial charge on any atom is -0.186 e. The Morgan fingerprint density at radius 2 is 1.25 bits per heavy atom. The van der Waals surface area contributed by atoms with Gasteiger partial charge in [-0.2, -0.15) is 19.2 Å². The molecule has 0 bridgehead atoms. The van der Waals surface area contributed by atoms with Crippen molar-refractivity contribution in [3.8, 4) is 0 Å². The summed E-state index contributed by atoms with van der Waals surface area (Å²) in [5, 5.41) is 0. The Morgan fingerprint density at radius 1 is 1.00 bits per heavy atom. The number of rotatable bonds is 2. The fourth-order valence-electron chi connectivity index (χ4n) is 0.577. The van der Waals surface area contributed by atoms with Crippen molar-refractivity contribution in [2.24, 2.45) is 5.92 Å². The van der Waals surface area contributed by atoms with Crippen LogP contribution in [0.5, 0.6) is 0 Å². The van der Waals surface area contributed by atoms with Crippen LogP contribution >= 0.6 is 0 Å². The second-order valence-corrected chi connectivity index (χ2v) is 2.35. The van der Waals surface area contributed by atoms with Gasteiger partial charge in [-0.05, 0) is 5.92 Å². The van der Waals surface area contributed by atoms with Crippen molar-refractivity contribution in [1.82, 2.24) is 0 Å². The zero-order valence-corrected chi connectivity index (χ0v) is 7.62. The minimum atomic E-state index is 0.250. The molecule has 0 saturated heterocycles. The van der Waals surface area contributed by atoms with E-state index in [4.69, 9.17) is 19.2 Å². The van der Waals surface area contributed by atoms with Gasteiger partial charge in [0.15, 0.2) is 0 Å². The predicted octanol–water partition coefficient (Wildman–Crippen LogP) is 1.28. The monoisotopic (exact) mass is 174 g/mol. The standard InChI is InChI=1S/C6H14.2CO2/c1-4-5-6(2)3;2*2-1-3/h6H,4-5H2,1-3H3;;. The van der Waals surface area contributed by atoms with E-state index in [1.807, 2.05) is 0 Å². The fraction of sp³-hybridized carbons (Fsp3) is 0.750. The molecule has 0 aliphatic rings. The Balaban J connectivity index is -0.000000115. The van der Waals surface area contributed by atoms with Gasteiger partial charge in [0, 0.05) is 0 Å². The van der Waals surface area contributed by atoms with Crippen molar-refractivity contribution in [3.63, 3.8) is 0 Å². The number of carbonyl (C=O) groups excluding carboxylic acids is 4. The van der Waals surface area contributed by atoms with Crippen LogP contribution in [0.25, 0.3) is 0 Å². The molecule has 0 spiro atoms. The SMILES string of the molecule is CCCC(C)C.O=C=O.O=C=O. The van der Waals surface area contributed by atoms with E-state index in [-0.39, 0.29) is 12.3 Å². The predicted molar refractivity (Wildman–Crippen MR) is 39.8 cm³/mol. The van der Waals surface area contributed by atoms with Crippen LogP contribution in [0.4, 0.5) is 0 Å². The summed E-state index contributed by atoms with van der Waals surface area (Å²) in [5.74, 6) is 0.898. The highest BCUT2D eigenvalue weighted by Gasteiger charge is 1.85. The third-order valence-corrected chi connectivity index (χ3v) is 0.866. The maximum Gasteiger partial charge on any atom is 0.373 e. The molecule has 12 heavy (non-hydrogen) atoms. The molecular weight excluding hydrogens is 160 g/mol. The quantitative estimate of drug-likeness (QED) is 0.632. The van der Waals surface area contributed by atoms with E-state index in [1.165, 1.54) is 12.8 Å². The van der Waals surface area contributed by atoms with E-state index in [9.17, 15) is 0 Å². The normalized spacial score (nSPS) is 6.33. The first-order valence-electron chi connectivity index (χ1n) is 3.59. The van der Waals surface area contributed by atoms with Crippen molar-refractivity contribution < 1.29 is 19.2 Å². The van der Waals surface area contributed by atoms with Gasteiger partial charge >= 0.3 is 12.3 Å². The second-order valence-electron chi connectivity index (χ2n) is 2.35. The lowest BCUT2D eigenvalue weighted by Gasteiger charge is -1.95. The molecule has 70 valence electrons. The molecule has 0 aliphatic carbocycles. The van der Waals surface area contributed by atoms with Gasteiger partial charge in [0.05, 0.1) is 0 Å². The summed E-state index contributed by atoms with van der Waals surface area (Å²) in [7, 11) is 0. The Kier molecular flexibility index (Phi) is 32.0. The second kappa shape index (κ2) is 22.6. The van der Waals surface area contributed by atoms with Crippen LogP contribution in [0.1, 0.15) is 33.6 Å². The molecule has 0 aromatic carbocycles. The maximum atomic E-state index is 8.12. The van der Waals surface area contributed by atoms with Crippen LogP contribution < -0.4 is 0 Å². The van der Waals surface area contributed by atoms with Gasteiger partial charge in [0.1, 0.15) is 0 Å². The molecule has 0 radical (unpaired) electrons. The molecule has 0 rings (SSSR count). The van der Waals surface area contributed by atoms with E-state index in [2.05, 4.69) is 20.8 Å². The Labute approximate surface area is 72.0 Å². The molecule has 4 nitrogen and oxygen atoms in total. The third-order valence-electron chi connectivity index (χ3n) is 0.866. The average Bonchev–Trinajstić information content (AvgIpc) is 1.89. The molecule has 0 heterocycles. The van der Waals surface area contributed by atoms with E-state index in [1.54, 1.807) is 0 Å². The van der Waals surface area contributed by atoms with Crippen molar-refractivity contribution >= 4 is 12.3 Å². The van der Waals surface area contributed by atoms with Crippen molar-refractivity contribution in [2.75, 3.05) is 0 Å². The summed E-state index contributed by atoms with van der Waals surface area (Å²) in [4.78, 5) is 32.5. The summed E-state index contributed by atoms with van der Waals surface area (Å²) in [6.45, 7) is 6.73. The first-order valence-corrected chi connectivity index (χ1v) is 3.59. The van der Waals surface area contributed by atoms with Gasteiger partial charge in [-0.1, -0.05) is 33.6 Å². The zero-order chi connectivity index (χ0) is 10.4.